The molecule has 0 radical (unpaired) electrons. The summed E-state index contributed by atoms with van der Waals surface area (Å²) in [7, 11) is 0. The summed E-state index contributed by atoms with van der Waals surface area (Å²) in [5, 5.41) is 20.3. The summed E-state index contributed by atoms with van der Waals surface area (Å²) < 4.78 is 0.895. The van der Waals surface area contributed by atoms with E-state index in [9.17, 15) is 14.9 Å². The molecule has 2 N–H and O–H groups in total. The number of carboxylic acid groups (broad SMARTS) is 1. The number of hydrogen-bond donors (Lipinski definition) is 2. The van der Waals surface area contributed by atoms with Gasteiger partial charge in [0.05, 0.1) is 10.4 Å². The number of nitrogens with one attached hydrogen (secondary N) is 1. The van der Waals surface area contributed by atoms with Gasteiger partial charge in [-0.2, -0.15) is 0 Å². The van der Waals surface area contributed by atoms with Gasteiger partial charge in [0, 0.05) is 30.7 Å². The standard InChI is InChI=1S/C12H11Br2N5O4/c13-6-5-7-9(10(8(6)14)19(22)23)16-11(15-7)17-1-3-18(4-2-17)12(20)21/h5H,1-4H2,(H,15,16)(H,20,21). The Kier molecular flexibility index (Phi) is 4.15. The van der Waals surface area contributed by atoms with Crippen LogP contribution in [0, 0.1) is 10.1 Å². The van der Waals surface area contributed by atoms with Crippen LogP contribution in [0.15, 0.2) is 15.0 Å². The minimum absolute atomic E-state index is 0.110. The van der Waals surface area contributed by atoms with E-state index >= 15 is 0 Å². The molecule has 2 aromatic rings. The Morgan fingerprint density at radius 3 is 2.57 bits per heavy atom. The highest BCUT2D eigenvalue weighted by atomic mass is 79.9. The Hall–Kier alpha value is -1.88. The molecule has 0 unspecified atom stereocenters. The fourth-order valence-corrected chi connectivity index (χ4v) is 3.36. The molecule has 23 heavy (non-hydrogen) atoms. The number of benzene rings is 1. The van der Waals surface area contributed by atoms with E-state index in [0.29, 0.717) is 46.6 Å². The number of imidazole rings is 1. The number of fused-ring (bicyclic) bond motifs is 1. The number of amides is 1. The lowest BCUT2D eigenvalue weighted by Gasteiger charge is -2.32. The van der Waals surface area contributed by atoms with Crippen LogP contribution < -0.4 is 4.90 Å². The van der Waals surface area contributed by atoms with Crippen LogP contribution >= 0.6 is 31.9 Å². The smallest absolute Gasteiger partial charge is 0.407 e. The maximum absolute atomic E-state index is 11.3. The van der Waals surface area contributed by atoms with Crippen LogP contribution in [0.1, 0.15) is 0 Å². The normalized spacial score (nSPS) is 15.2. The second kappa shape index (κ2) is 5.96. The molecule has 0 bridgehead atoms. The zero-order chi connectivity index (χ0) is 16.7. The van der Waals surface area contributed by atoms with Gasteiger partial charge in [-0.3, -0.25) is 10.1 Å². The number of aromatic amines is 1. The molecule has 0 atom stereocenters. The van der Waals surface area contributed by atoms with Crippen LogP contribution in [-0.4, -0.2) is 57.2 Å². The molecular formula is C12H11Br2N5O4. The molecular weight excluding hydrogens is 438 g/mol. The Labute approximate surface area is 146 Å². The van der Waals surface area contributed by atoms with Crippen LogP contribution in [-0.2, 0) is 0 Å². The van der Waals surface area contributed by atoms with E-state index in [0.717, 1.165) is 0 Å². The SMILES string of the molecule is O=C(O)N1CCN(c2nc3c([N+](=O)[O-])c(Br)c(Br)cc3[nH]2)CC1. The van der Waals surface area contributed by atoms with Crippen molar-refractivity contribution in [2.45, 2.75) is 0 Å². The van der Waals surface area contributed by atoms with Crippen LogP contribution in [0.25, 0.3) is 11.0 Å². The lowest BCUT2D eigenvalue weighted by molar-refractivity contribution is -0.384. The molecule has 2 heterocycles. The summed E-state index contributed by atoms with van der Waals surface area (Å²) in [6, 6.07) is 1.72. The van der Waals surface area contributed by atoms with Crippen molar-refractivity contribution in [1.82, 2.24) is 14.9 Å². The molecule has 1 aromatic carbocycles. The molecule has 0 saturated carbocycles. The molecule has 1 aliphatic heterocycles. The minimum Gasteiger partial charge on any atom is -0.465 e. The summed E-state index contributed by atoms with van der Waals surface area (Å²) >= 11 is 6.48. The van der Waals surface area contributed by atoms with Crippen molar-refractivity contribution in [3.8, 4) is 0 Å². The van der Waals surface area contributed by atoms with Gasteiger partial charge in [0.1, 0.15) is 4.47 Å². The number of nitro benzene ring substituents is 1. The number of hydrogen-bond acceptors (Lipinski definition) is 5. The molecule has 0 aliphatic carbocycles. The fraction of sp³-hybridized carbons (Fsp3) is 0.333. The molecule has 11 heteroatoms. The van der Waals surface area contributed by atoms with Crippen molar-refractivity contribution in [2.75, 3.05) is 31.1 Å². The highest BCUT2D eigenvalue weighted by molar-refractivity contribution is 9.13. The van der Waals surface area contributed by atoms with Crippen molar-refractivity contribution in [3.05, 3.63) is 25.1 Å². The highest BCUT2D eigenvalue weighted by Crippen LogP contribution is 2.39. The molecule has 122 valence electrons. The number of nitrogens with zero attached hydrogens (tertiary/aromatic N) is 4. The predicted octanol–water partition coefficient (Wildman–Crippen LogP) is 2.80. The predicted molar refractivity (Wildman–Crippen MR) is 90.0 cm³/mol. The quantitative estimate of drug-likeness (QED) is 0.539. The van der Waals surface area contributed by atoms with Gasteiger partial charge < -0.3 is 19.9 Å². The minimum atomic E-state index is -0.947. The maximum Gasteiger partial charge on any atom is 0.407 e. The number of anilines is 1. The molecule has 1 aromatic heterocycles. The lowest BCUT2D eigenvalue weighted by Crippen LogP contribution is -2.48. The van der Waals surface area contributed by atoms with Crippen molar-refractivity contribution in [2.24, 2.45) is 0 Å². The van der Waals surface area contributed by atoms with Crippen molar-refractivity contribution in [3.63, 3.8) is 0 Å². The van der Waals surface area contributed by atoms with Gasteiger partial charge in [0.15, 0.2) is 5.52 Å². The number of aromatic nitrogens is 2. The second-order valence-corrected chi connectivity index (χ2v) is 6.64. The first-order valence-electron chi connectivity index (χ1n) is 6.63. The average Bonchev–Trinajstić information content (AvgIpc) is 2.91. The third kappa shape index (κ3) is 2.85. The first-order chi connectivity index (χ1) is 10.9. The molecule has 1 aliphatic rings. The summed E-state index contributed by atoms with van der Waals surface area (Å²) in [5.41, 5.74) is 0.698. The van der Waals surface area contributed by atoms with Gasteiger partial charge >= 0.3 is 11.8 Å². The van der Waals surface area contributed by atoms with E-state index in [1.807, 2.05) is 4.90 Å². The molecule has 3 rings (SSSR count). The number of carbonyl (C=O) groups is 1. The van der Waals surface area contributed by atoms with E-state index in [1.54, 1.807) is 6.07 Å². The number of piperazine rings is 1. The van der Waals surface area contributed by atoms with Gasteiger partial charge in [-0.15, -0.1) is 0 Å². The second-order valence-electron chi connectivity index (χ2n) is 4.99. The van der Waals surface area contributed by atoms with Crippen molar-refractivity contribution >= 4 is 60.6 Å². The summed E-state index contributed by atoms with van der Waals surface area (Å²) in [6.45, 7) is 1.67. The van der Waals surface area contributed by atoms with Gasteiger partial charge in [-0.1, -0.05) is 0 Å². The lowest BCUT2D eigenvalue weighted by atomic mass is 10.3. The fourth-order valence-electron chi connectivity index (χ4n) is 2.49. The Morgan fingerprint density at radius 1 is 1.35 bits per heavy atom. The van der Waals surface area contributed by atoms with Gasteiger partial charge in [0.25, 0.3) is 0 Å². The van der Waals surface area contributed by atoms with E-state index in [4.69, 9.17) is 5.11 Å². The summed E-state index contributed by atoms with van der Waals surface area (Å²) in [4.78, 5) is 32.4. The summed E-state index contributed by atoms with van der Waals surface area (Å²) in [5.74, 6) is 0.498. The molecule has 1 fully saturated rings. The average molecular weight is 449 g/mol. The first-order valence-corrected chi connectivity index (χ1v) is 8.22. The van der Waals surface area contributed by atoms with Crippen LogP contribution in [0.2, 0.25) is 0 Å². The van der Waals surface area contributed by atoms with E-state index in [-0.39, 0.29) is 11.2 Å². The number of nitro groups is 1. The zero-order valence-corrected chi connectivity index (χ0v) is 14.8. The number of rotatable bonds is 2. The monoisotopic (exact) mass is 447 g/mol. The third-order valence-corrected chi connectivity index (χ3v) is 5.62. The Balaban J connectivity index is 1.97. The molecule has 0 spiro atoms. The molecule has 9 nitrogen and oxygen atoms in total. The van der Waals surface area contributed by atoms with E-state index in [1.165, 1.54) is 4.90 Å². The van der Waals surface area contributed by atoms with Crippen molar-refractivity contribution < 1.29 is 14.8 Å². The third-order valence-electron chi connectivity index (χ3n) is 3.66. The van der Waals surface area contributed by atoms with Gasteiger partial charge in [-0.05, 0) is 37.9 Å². The largest absolute Gasteiger partial charge is 0.465 e. The van der Waals surface area contributed by atoms with E-state index < -0.39 is 11.0 Å². The van der Waals surface area contributed by atoms with Gasteiger partial charge in [0.2, 0.25) is 5.95 Å². The zero-order valence-electron chi connectivity index (χ0n) is 11.6. The van der Waals surface area contributed by atoms with Crippen LogP contribution in [0.4, 0.5) is 16.4 Å². The molecule has 1 amide bonds. The highest BCUT2D eigenvalue weighted by Gasteiger charge is 2.26. The topological polar surface area (TPSA) is 116 Å². The summed E-state index contributed by atoms with van der Waals surface area (Å²) in [6.07, 6.45) is -0.947. The van der Waals surface area contributed by atoms with Crippen LogP contribution in [0.5, 0.6) is 0 Å². The Morgan fingerprint density at radius 2 is 2.00 bits per heavy atom. The van der Waals surface area contributed by atoms with Gasteiger partial charge in [-0.25, -0.2) is 9.78 Å². The number of halogens is 2. The molecule has 1 saturated heterocycles. The number of H-pyrrole nitrogens is 1. The first kappa shape index (κ1) is 16.0. The van der Waals surface area contributed by atoms with Crippen LogP contribution in [0.3, 0.4) is 0 Å². The maximum atomic E-state index is 11.3. The Bertz CT molecular complexity index is 800. The van der Waals surface area contributed by atoms with E-state index in [2.05, 4.69) is 41.8 Å². The van der Waals surface area contributed by atoms with Crippen molar-refractivity contribution in [1.29, 1.82) is 0 Å².